The van der Waals surface area contributed by atoms with Gasteiger partial charge in [-0.15, -0.1) is 0 Å². The average molecular weight is 562 g/mol. The van der Waals surface area contributed by atoms with E-state index in [-0.39, 0.29) is 24.5 Å². The first-order valence-corrected chi connectivity index (χ1v) is 13.9. The van der Waals surface area contributed by atoms with E-state index in [9.17, 15) is 18.6 Å². The highest BCUT2D eigenvalue weighted by atomic mass is 31.2. The van der Waals surface area contributed by atoms with E-state index in [1.807, 2.05) is 16.7 Å². The number of benzene rings is 1. The normalized spacial score (nSPS) is 21.0. The summed E-state index contributed by atoms with van der Waals surface area (Å²) in [5.74, 6) is -1.01. The molecule has 2 aliphatic carbocycles. The van der Waals surface area contributed by atoms with Gasteiger partial charge in [0, 0.05) is 12.0 Å². The van der Waals surface area contributed by atoms with Crippen molar-refractivity contribution in [1.29, 1.82) is 0 Å². The number of hydroxylamine groups is 1. The van der Waals surface area contributed by atoms with Crippen LogP contribution in [-0.2, 0) is 23.2 Å². The van der Waals surface area contributed by atoms with Gasteiger partial charge in [-0.3, -0.25) is 14.3 Å². The molecule has 3 aromatic rings. The molecule has 39 heavy (non-hydrogen) atoms. The lowest BCUT2D eigenvalue weighted by Gasteiger charge is -2.27. The minimum atomic E-state index is -4.73. The van der Waals surface area contributed by atoms with Crippen LogP contribution >= 0.6 is 7.82 Å². The predicted molar refractivity (Wildman–Crippen MR) is 140 cm³/mol. The number of halogens is 1. The highest BCUT2D eigenvalue weighted by Crippen LogP contribution is 2.45. The molecule has 0 radical (unpaired) electrons. The fraction of sp³-hybridized carbons (Fsp3) is 0.417. The van der Waals surface area contributed by atoms with Crippen molar-refractivity contribution in [2.45, 2.75) is 44.3 Å². The summed E-state index contributed by atoms with van der Waals surface area (Å²) in [6.45, 7) is 1.25. The second-order valence-electron chi connectivity index (χ2n) is 9.46. The van der Waals surface area contributed by atoms with Crippen LogP contribution in [0.1, 0.15) is 32.2 Å². The van der Waals surface area contributed by atoms with Crippen LogP contribution in [0.25, 0.3) is 11.2 Å². The van der Waals surface area contributed by atoms with Crippen LogP contribution in [0.15, 0.2) is 42.7 Å². The first-order chi connectivity index (χ1) is 18.6. The van der Waals surface area contributed by atoms with Crippen LogP contribution in [0.3, 0.4) is 0 Å². The molecule has 13 nitrogen and oxygen atoms in total. The second-order valence-corrected chi connectivity index (χ2v) is 10.8. The van der Waals surface area contributed by atoms with Gasteiger partial charge in [0.15, 0.2) is 23.0 Å². The number of aromatic nitrogens is 4. The van der Waals surface area contributed by atoms with Crippen molar-refractivity contribution in [2.75, 3.05) is 29.8 Å². The minimum Gasteiger partial charge on any atom is -0.369 e. The summed E-state index contributed by atoms with van der Waals surface area (Å²) in [7, 11) is -3.43. The number of hydrogen-bond acceptors (Lipinski definition) is 11. The molecule has 5 rings (SSSR count). The smallest absolute Gasteiger partial charge is 0.369 e. The minimum absolute atomic E-state index is 0.137. The summed E-state index contributed by atoms with van der Waals surface area (Å²) in [5, 5.41) is 4.45. The molecule has 2 heterocycles. The molecule has 4 atom stereocenters. The number of imidazole rings is 1. The summed E-state index contributed by atoms with van der Waals surface area (Å²) in [6, 6.07) is 4.29. The average Bonchev–Trinajstić information content (AvgIpc) is 3.41. The van der Waals surface area contributed by atoms with Crippen molar-refractivity contribution in [2.24, 2.45) is 5.92 Å². The first-order valence-electron chi connectivity index (χ1n) is 12.4. The number of phosphoric ester groups is 1. The molecule has 15 heteroatoms. The zero-order valence-corrected chi connectivity index (χ0v) is 22.2. The number of nitrogens with zero attached hydrogens (tertiary/aromatic N) is 5. The number of nitrogens with two attached hydrogens (primary N) is 1. The summed E-state index contributed by atoms with van der Waals surface area (Å²) >= 11 is 0. The Morgan fingerprint density at radius 3 is 2.74 bits per heavy atom. The van der Waals surface area contributed by atoms with E-state index in [0.717, 1.165) is 17.9 Å². The Kier molecular flexibility index (Phi) is 7.54. The van der Waals surface area contributed by atoms with E-state index >= 15 is 0 Å². The van der Waals surface area contributed by atoms with Crippen LogP contribution in [0, 0.1) is 11.7 Å². The van der Waals surface area contributed by atoms with Crippen LogP contribution in [0.2, 0.25) is 0 Å². The molecule has 1 unspecified atom stereocenters. The number of hydrogen-bond donors (Lipinski definition) is 3. The van der Waals surface area contributed by atoms with Crippen molar-refractivity contribution >= 4 is 42.4 Å². The van der Waals surface area contributed by atoms with Gasteiger partial charge in [0.1, 0.15) is 5.82 Å². The first kappa shape index (κ1) is 27.0. The SMILES string of the molecule is CON(c1ccc(F)cc1)[C@@H](C)C(=O)OP(=O)(O)OC[C@@H]1C=C[C@H](n2cnc3c(NC4CC4)nc(N)nc32)C1. The molecule has 1 saturated carbocycles. The number of phosphoric acid groups is 1. The van der Waals surface area contributed by atoms with Gasteiger partial charge in [0.2, 0.25) is 5.95 Å². The van der Waals surface area contributed by atoms with Gasteiger partial charge in [0.05, 0.1) is 31.8 Å². The number of anilines is 3. The van der Waals surface area contributed by atoms with E-state index < -0.39 is 25.7 Å². The molecule has 1 fully saturated rings. The molecule has 2 aromatic heterocycles. The Morgan fingerprint density at radius 1 is 1.31 bits per heavy atom. The summed E-state index contributed by atoms with van der Waals surface area (Å²) < 4.78 is 37.6. The van der Waals surface area contributed by atoms with Gasteiger partial charge in [-0.05, 0) is 50.5 Å². The lowest BCUT2D eigenvalue weighted by atomic mass is 10.1. The largest absolute Gasteiger partial charge is 0.529 e. The van der Waals surface area contributed by atoms with E-state index in [4.69, 9.17) is 19.6 Å². The lowest BCUT2D eigenvalue weighted by Crippen LogP contribution is -2.39. The number of carbonyl (C=O) groups is 1. The number of rotatable bonds is 11. The van der Waals surface area contributed by atoms with E-state index in [0.29, 0.717) is 35.1 Å². The topological polar surface area (TPSA) is 167 Å². The monoisotopic (exact) mass is 561 g/mol. The summed E-state index contributed by atoms with van der Waals surface area (Å²) in [5.41, 5.74) is 7.49. The molecular formula is C24H29FN7O6P. The number of fused-ring (bicyclic) bond motifs is 1. The van der Waals surface area contributed by atoms with Crippen molar-refractivity contribution < 1.29 is 32.5 Å². The maximum Gasteiger partial charge on any atom is 0.529 e. The Labute approximate surface area is 223 Å². The van der Waals surface area contributed by atoms with Crippen LogP contribution in [0.5, 0.6) is 0 Å². The van der Waals surface area contributed by atoms with Crippen LogP contribution in [0.4, 0.5) is 21.8 Å². The highest BCUT2D eigenvalue weighted by Gasteiger charge is 2.34. The van der Waals surface area contributed by atoms with Crippen LogP contribution in [-0.4, -0.2) is 56.2 Å². The maximum atomic E-state index is 13.2. The Hall–Kier alpha value is -3.58. The maximum absolute atomic E-state index is 13.2. The fourth-order valence-electron chi connectivity index (χ4n) is 4.36. The molecule has 4 N–H and O–H groups in total. The quantitative estimate of drug-likeness (QED) is 0.178. The molecule has 0 bridgehead atoms. The van der Waals surface area contributed by atoms with Crippen molar-refractivity contribution in [3.8, 4) is 0 Å². The van der Waals surface area contributed by atoms with E-state index in [1.54, 1.807) is 6.33 Å². The Balaban J connectivity index is 1.17. The molecule has 1 aromatic carbocycles. The number of nitrogens with one attached hydrogen (secondary N) is 1. The van der Waals surface area contributed by atoms with E-state index in [2.05, 4.69) is 20.3 Å². The molecule has 2 aliphatic rings. The fourth-order valence-corrected chi connectivity index (χ4v) is 5.17. The van der Waals surface area contributed by atoms with Gasteiger partial charge in [-0.2, -0.15) is 9.97 Å². The van der Waals surface area contributed by atoms with E-state index in [1.165, 1.54) is 38.3 Å². The van der Waals surface area contributed by atoms with Crippen molar-refractivity contribution in [3.63, 3.8) is 0 Å². The Bertz CT molecular complexity index is 1430. The number of carbonyl (C=O) groups excluding carboxylic acids is 1. The van der Waals surface area contributed by atoms with Gasteiger partial charge < -0.3 is 20.1 Å². The molecular weight excluding hydrogens is 532 g/mol. The zero-order chi connectivity index (χ0) is 27.7. The van der Waals surface area contributed by atoms with Crippen molar-refractivity contribution in [1.82, 2.24) is 19.5 Å². The molecule has 208 valence electrons. The standard InChI is InChI=1S/C24H29FN7O6P/c1-14(32(36-2)18-9-4-16(25)5-10-18)23(33)38-39(34,35)37-12-15-3-8-19(11-15)31-13-27-20-21(28-17-6-7-17)29-24(26)30-22(20)31/h3-5,8-10,13-15,17,19H,6-7,11-12H2,1-2H3,(H,34,35)(H3,26,28,29,30)/t14-,15+,19-/m0/s1. The number of nitrogen functional groups attached to an aromatic ring is 1. The van der Waals surface area contributed by atoms with Gasteiger partial charge in [-0.25, -0.2) is 23.8 Å². The second kappa shape index (κ2) is 10.9. The summed E-state index contributed by atoms with van der Waals surface area (Å²) in [4.78, 5) is 41.1. The van der Waals surface area contributed by atoms with Gasteiger partial charge >= 0.3 is 13.8 Å². The third-order valence-corrected chi connectivity index (χ3v) is 7.38. The third kappa shape index (κ3) is 6.19. The molecule has 0 spiro atoms. The molecule has 0 saturated heterocycles. The van der Waals surface area contributed by atoms with Crippen molar-refractivity contribution in [3.05, 3.63) is 48.6 Å². The number of allylic oxidation sites excluding steroid dienone is 1. The predicted octanol–water partition coefficient (Wildman–Crippen LogP) is 3.36. The third-order valence-electron chi connectivity index (χ3n) is 6.49. The molecule has 0 amide bonds. The molecule has 0 aliphatic heterocycles. The zero-order valence-electron chi connectivity index (χ0n) is 21.3. The lowest BCUT2D eigenvalue weighted by molar-refractivity contribution is -0.139. The highest BCUT2D eigenvalue weighted by molar-refractivity contribution is 7.48. The Morgan fingerprint density at radius 2 is 2.05 bits per heavy atom. The van der Waals surface area contributed by atoms with Gasteiger partial charge in [0.25, 0.3) is 0 Å². The van der Waals surface area contributed by atoms with Gasteiger partial charge in [-0.1, -0.05) is 12.2 Å². The van der Waals surface area contributed by atoms with Crippen LogP contribution < -0.4 is 16.1 Å². The summed E-state index contributed by atoms with van der Waals surface area (Å²) in [6.07, 6.45) is 8.12.